The van der Waals surface area contributed by atoms with E-state index in [2.05, 4.69) is 0 Å². The second-order valence-electron chi connectivity index (χ2n) is 0.520. The van der Waals surface area contributed by atoms with E-state index in [0.29, 0.717) is 0 Å². The van der Waals surface area contributed by atoms with Crippen LogP contribution in [-0.4, -0.2) is 18.0 Å². The number of rotatable bonds is 0. The minimum absolute atomic E-state index is 0.250. The standard InChI is InChI=1S/C2H5F.CHFO2/c1-2-3;2-1(3)4/h2H2,1H3;(H,3,4). The topological polar surface area (TPSA) is 37.3 Å². The summed E-state index contributed by atoms with van der Waals surface area (Å²) < 4.78 is 20.2. The van der Waals surface area contributed by atoms with Gasteiger partial charge >= 0.3 is 6.22 Å². The molecule has 0 rings (SSSR count). The van der Waals surface area contributed by atoms with Crippen LogP contribution >= 0.6 is 0 Å². The Balaban J connectivity index is 0. The van der Waals surface area contributed by atoms with Crippen molar-refractivity contribution < 1.29 is 18.7 Å². The SMILES string of the molecule is CCF.O=C(O)F. The normalized spacial score (nSPS) is 6.14. The zero-order chi connectivity index (χ0) is 6.28. The summed E-state index contributed by atoms with van der Waals surface area (Å²) in [4.78, 5) is 8.33. The lowest BCUT2D eigenvalue weighted by Crippen LogP contribution is -1.69. The summed E-state index contributed by atoms with van der Waals surface area (Å²) in [6.07, 6.45) is -2.33. The summed E-state index contributed by atoms with van der Waals surface area (Å²) in [5.41, 5.74) is 0. The Morgan fingerprint density at radius 2 is 1.86 bits per heavy atom. The number of alkyl halides is 1. The van der Waals surface area contributed by atoms with Gasteiger partial charge in [0.2, 0.25) is 0 Å². The minimum atomic E-state index is -2.33. The van der Waals surface area contributed by atoms with Gasteiger partial charge in [-0.05, 0) is 6.92 Å². The van der Waals surface area contributed by atoms with Gasteiger partial charge in [0, 0.05) is 0 Å². The third-order valence-corrected chi connectivity index (χ3v) is 0. The molecule has 0 aliphatic rings. The second kappa shape index (κ2) is 9.01. The Morgan fingerprint density at radius 1 is 1.86 bits per heavy atom. The molecule has 0 aliphatic heterocycles. The van der Waals surface area contributed by atoms with E-state index in [4.69, 9.17) is 9.90 Å². The van der Waals surface area contributed by atoms with Gasteiger partial charge in [0.1, 0.15) is 0 Å². The van der Waals surface area contributed by atoms with Gasteiger partial charge in [-0.3, -0.25) is 4.39 Å². The van der Waals surface area contributed by atoms with Crippen molar-refractivity contribution in [1.29, 1.82) is 0 Å². The Labute approximate surface area is 39.8 Å². The molecule has 0 atom stereocenters. The highest BCUT2D eigenvalue weighted by atomic mass is 19.1. The molecule has 0 aromatic heterocycles. The fraction of sp³-hybridized carbons (Fsp3) is 0.667. The van der Waals surface area contributed by atoms with Gasteiger partial charge in [0.15, 0.2) is 0 Å². The van der Waals surface area contributed by atoms with Gasteiger partial charge < -0.3 is 5.11 Å². The average Bonchev–Trinajstić information content (AvgIpc) is 1.33. The molecule has 2 nitrogen and oxygen atoms in total. The molecule has 1 N–H and O–H groups in total. The molecule has 0 fully saturated rings. The van der Waals surface area contributed by atoms with Gasteiger partial charge in [0.25, 0.3) is 0 Å². The maximum Gasteiger partial charge on any atom is 0.492 e. The average molecular weight is 112 g/mol. The van der Waals surface area contributed by atoms with Crippen LogP contribution in [0.25, 0.3) is 0 Å². The van der Waals surface area contributed by atoms with E-state index in [-0.39, 0.29) is 6.67 Å². The predicted molar refractivity (Wildman–Crippen MR) is 20.8 cm³/mol. The van der Waals surface area contributed by atoms with Crippen LogP contribution in [0.15, 0.2) is 0 Å². The Bertz CT molecular complexity index is 42.2. The van der Waals surface area contributed by atoms with Gasteiger partial charge in [-0.25, -0.2) is 4.79 Å². The summed E-state index contributed by atoms with van der Waals surface area (Å²) in [5.74, 6) is 0. The van der Waals surface area contributed by atoms with Crippen LogP contribution in [0.2, 0.25) is 0 Å². The second-order valence-corrected chi connectivity index (χ2v) is 0.520. The van der Waals surface area contributed by atoms with Gasteiger partial charge in [-0.15, -0.1) is 4.39 Å². The third-order valence-electron chi connectivity index (χ3n) is 0. The van der Waals surface area contributed by atoms with Gasteiger partial charge in [-0.1, -0.05) is 0 Å². The highest BCUT2D eigenvalue weighted by Crippen LogP contribution is 1.58. The highest BCUT2D eigenvalue weighted by Gasteiger charge is 1.74. The molecule has 0 saturated heterocycles. The number of carboxylic acid groups (broad SMARTS) is 1. The van der Waals surface area contributed by atoms with Gasteiger partial charge in [0.05, 0.1) is 6.67 Å². The lowest BCUT2D eigenvalue weighted by molar-refractivity contribution is 0.169. The van der Waals surface area contributed by atoms with E-state index in [1.807, 2.05) is 0 Å². The predicted octanol–water partition coefficient (Wildman–Crippen LogP) is 1.61. The number of hydrogen-bond donors (Lipinski definition) is 1. The Kier molecular flexibility index (Phi) is 12.3. The molecule has 0 saturated carbocycles. The minimum Gasteiger partial charge on any atom is -0.456 e. The first-order valence-electron chi connectivity index (χ1n) is 1.59. The van der Waals surface area contributed by atoms with Crippen molar-refractivity contribution in [3.05, 3.63) is 0 Å². The van der Waals surface area contributed by atoms with Crippen LogP contribution in [0.5, 0.6) is 0 Å². The third kappa shape index (κ3) is 132. The molecule has 0 heterocycles. The van der Waals surface area contributed by atoms with Crippen LogP contribution in [0.1, 0.15) is 6.92 Å². The van der Waals surface area contributed by atoms with Crippen LogP contribution < -0.4 is 0 Å². The quantitative estimate of drug-likeness (QED) is 0.483. The van der Waals surface area contributed by atoms with Crippen molar-refractivity contribution in [3.63, 3.8) is 0 Å². The molecular weight excluding hydrogens is 106 g/mol. The number of hydrogen-bond acceptors (Lipinski definition) is 1. The van der Waals surface area contributed by atoms with E-state index >= 15 is 0 Å². The number of halogens is 2. The van der Waals surface area contributed by atoms with Crippen molar-refractivity contribution in [1.82, 2.24) is 0 Å². The number of carbonyl (C=O) groups is 1. The van der Waals surface area contributed by atoms with Crippen molar-refractivity contribution in [2.24, 2.45) is 0 Å². The van der Waals surface area contributed by atoms with Crippen LogP contribution in [0.4, 0.5) is 13.6 Å². The molecule has 4 heteroatoms. The van der Waals surface area contributed by atoms with E-state index in [0.717, 1.165) is 0 Å². The van der Waals surface area contributed by atoms with E-state index < -0.39 is 6.22 Å². The lowest BCUT2D eigenvalue weighted by atomic mass is 10.9. The summed E-state index contributed by atoms with van der Waals surface area (Å²) in [7, 11) is 0. The van der Waals surface area contributed by atoms with Crippen molar-refractivity contribution in [2.75, 3.05) is 6.67 Å². The smallest absolute Gasteiger partial charge is 0.456 e. The molecular formula is C3H6F2O2. The molecule has 0 bridgehead atoms. The summed E-state index contributed by atoms with van der Waals surface area (Å²) in [6, 6.07) is 0. The molecule has 0 aromatic carbocycles. The van der Waals surface area contributed by atoms with Crippen LogP contribution in [0, 0.1) is 0 Å². The molecule has 0 radical (unpaired) electrons. The summed E-state index contributed by atoms with van der Waals surface area (Å²) in [6.45, 7) is 1.21. The largest absolute Gasteiger partial charge is 0.492 e. The first-order chi connectivity index (χ1) is 3.15. The van der Waals surface area contributed by atoms with E-state index in [1.165, 1.54) is 6.92 Å². The van der Waals surface area contributed by atoms with Crippen molar-refractivity contribution >= 4 is 6.22 Å². The fourth-order valence-electron chi connectivity index (χ4n) is 0. The molecule has 0 amide bonds. The first kappa shape index (κ1) is 9.59. The molecule has 7 heavy (non-hydrogen) atoms. The van der Waals surface area contributed by atoms with E-state index in [1.54, 1.807) is 0 Å². The maximum atomic E-state index is 10.3. The summed E-state index contributed by atoms with van der Waals surface area (Å²) >= 11 is 0. The highest BCUT2D eigenvalue weighted by molar-refractivity contribution is 5.54. The van der Waals surface area contributed by atoms with Crippen molar-refractivity contribution in [3.8, 4) is 0 Å². The monoisotopic (exact) mass is 112 g/mol. The molecule has 0 spiro atoms. The Morgan fingerprint density at radius 3 is 1.86 bits per heavy atom. The van der Waals surface area contributed by atoms with E-state index in [9.17, 15) is 8.78 Å². The maximum absolute atomic E-state index is 10.3. The fourth-order valence-corrected chi connectivity index (χ4v) is 0. The van der Waals surface area contributed by atoms with Crippen LogP contribution in [0.3, 0.4) is 0 Å². The van der Waals surface area contributed by atoms with Crippen molar-refractivity contribution in [2.45, 2.75) is 6.92 Å². The van der Waals surface area contributed by atoms with Gasteiger partial charge in [-0.2, -0.15) is 0 Å². The first-order valence-corrected chi connectivity index (χ1v) is 1.59. The molecule has 0 unspecified atom stereocenters. The Hall–Kier alpha value is -0.670. The zero-order valence-electron chi connectivity index (χ0n) is 3.82. The van der Waals surface area contributed by atoms with Crippen LogP contribution in [-0.2, 0) is 0 Å². The summed E-state index contributed by atoms with van der Waals surface area (Å²) in [5, 5.41) is 6.75. The lowest BCUT2D eigenvalue weighted by Gasteiger charge is -1.53. The molecule has 0 aromatic rings. The zero-order valence-corrected chi connectivity index (χ0v) is 3.82. The molecule has 44 valence electrons. The molecule has 0 aliphatic carbocycles.